The lowest BCUT2D eigenvalue weighted by molar-refractivity contribution is -0.384. The molecule has 0 atom stereocenters. The number of non-ortho nitro benzene ring substituents is 1. The Labute approximate surface area is 167 Å². The zero-order valence-corrected chi connectivity index (χ0v) is 17.0. The summed E-state index contributed by atoms with van der Waals surface area (Å²) >= 11 is 4.19. The molecule has 0 radical (unpaired) electrons. The lowest BCUT2D eigenvalue weighted by Gasteiger charge is -2.25. The second-order valence-electron chi connectivity index (χ2n) is 5.53. The summed E-state index contributed by atoms with van der Waals surface area (Å²) in [5, 5.41) is 13.4. The van der Waals surface area contributed by atoms with E-state index in [0.717, 1.165) is 11.3 Å². The van der Waals surface area contributed by atoms with Crippen LogP contribution in [0.2, 0.25) is 0 Å². The van der Waals surface area contributed by atoms with Crippen molar-refractivity contribution in [1.82, 2.24) is 4.31 Å². The Morgan fingerprint density at radius 2 is 2.00 bits per heavy atom. The number of benzene rings is 1. The third kappa shape index (κ3) is 4.35. The molecule has 2 heterocycles. The molecule has 1 aromatic carbocycles. The summed E-state index contributed by atoms with van der Waals surface area (Å²) in [6.45, 7) is 1.14. The summed E-state index contributed by atoms with van der Waals surface area (Å²) in [5.74, 6) is -0.551. The van der Waals surface area contributed by atoms with E-state index in [0.29, 0.717) is 17.0 Å². The first kappa shape index (κ1) is 19.9. The van der Waals surface area contributed by atoms with Gasteiger partial charge in [0.15, 0.2) is 0 Å². The number of thiophene rings is 1. The monoisotopic (exact) mass is 475 g/mol. The maximum Gasteiger partial charge on any atom is 0.271 e. The first-order valence-electron chi connectivity index (χ1n) is 7.72. The van der Waals surface area contributed by atoms with Gasteiger partial charge in [-0.25, -0.2) is 8.42 Å². The molecule has 1 aliphatic heterocycles. The fourth-order valence-electron chi connectivity index (χ4n) is 2.46. The molecule has 9 nitrogen and oxygen atoms in total. The molecule has 0 spiro atoms. The Hall–Kier alpha value is -1.86. The zero-order chi connectivity index (χ0) is 19.6. The van der Waals surface area contributed by atoms with Crippen LogP contribution >= 0.6 is 27.3 Å². The molecule has 144 valence electrons. The molecule has 0 unspecified atom stereocenters. The molecule has 1 fully saturated rings. The number of rotatable bonds is 5. The molecule has 0 bridgehead atoms. The highest BCUT2D eigenvalue weighted by Gasteiger charge is 2.30. The van der Waals surface area contributed by atoms with Gasteiger partial charge in [-0.05, 0) is 28.1 Å². The number of nitro groups is 1. The molecule has 1 saturated heterocycles. The van der Waals surface area contributed by atoms with Crippen molar-refractivity contribution in [2.75, 3.05) is 31.6 Å². The minimum absolute atomic E-state index is 0.0126. The van der Waals surface area contributed by atoms with Crippen molar-refractivity contribution in [2.24, 2.45) is 0 Å². The first-order valence-corrected chi connectivity index (χ1v) is 10.8. The number of carbonyl (C=O) groups excluding carboxylic acids is 1. The number of hydrogen-bond donors (Lipinski definition) is 1. The zero-order valence-electron chi connectivity index (χ0n) is 13.8. The van der Waals surface area contributed by atoms with Crippen molar-refractivity contribution in [3.8, 4) is 0 Å². The quantitative estimate of drug-likeness (QED) is 0.524. The van der Waals surface area contributed by atoms with E-state index in [1.54, 1.807) is 0 Å². The third-order valence-corrected chi connectivity index (χ3v) is 7.93. The summed E-state index contributed by atoms with van der Waals surface area (Å²) in [4.78, 5) is 22.9. The van der Waals surface area contributed by atoms with E-state index < -0.39 is 20.9 Å². The fraction of sp³-hybridized carbons (Fsp3) is 0.267. The van der Waals surface area contributed by atoms with E-state index >= 15 is 0 Å². The van der Waals surface area contributed by atoms with Crippen LogP contribution in [0.1, 0.15) is 9.67 Å². The van der Waals surface area contributed by atoms with E-state index in [4.69, 9.17) is 4.74 Å². The Balaban J connectivity index is 1.82. The van der Waals surface area contributed by atoms with Crippen molar-refractivity contribution in [3.63, 3.8) is 0 Å². The summed E-state index contributed by atoms with van der Waals surface area (Å²) in [7, 11) is -3.75. The lowest BCUT2D eigenvalue weighted by Crippen LogP contribution is -2.40. The van der Waals surface area contributed by atoms with Crippen LogP contribution in [0.25, 0.3) is 0 Å². The molecule has 1 N–H and O–H groups in total. The fourth-order valence-corrected chi connectivity index (χ4v) is 6.27. The molecule has 1 aromatic heterocycles. The maximum atomic E-state index is 12.8. The molecule has 12 heteroatoms. The van der Waals surface area contributed by atoms with Crippen molar-refractivity contribution in [2.45, 2.75) is 4.90 Å². The Bertz CT molecular complexity index is 985. The van der Waals surface area contributed by atoms with Crippen molar-refractivity contribution in [1.29, 1.82) is 0 Å². The average Bonchev–Trinajstić information content (AvgIpc) is 3.05. The van der Waals surface area contributed by atoms with E-state index in [2.05, 4.69) is 21.2 Å². The van der Waals surface area contributed by atoms with E-state index in [-0.39, 0.29) is 34.2 Å². The van der Waals surface area contributed by atoms with Gasteiger partial charge >= 0.3 is 0 Å². The largest absolute Gasteiger partial charge is 0.379 e. The van der Waals surface area contributed by atoms with Gasteiger partial charge in [0.25, 0.3) is 11.6 Å². The number of amides is 1. The number of nitrogens with zero attached hydrogens (tertiary/aromatic N) is 2. The molecular weight excluding hydrogens is 462 g/mol. The number of carbonyl (C=O) groups is 1. The molecule has 2 aromatic rings. The number of hydrogen-bond acceptors (Lipinski definition) is 7. The van der Waals surface area contributed by atoms with Crippen LogP contribution in [0.15, 0.2) is 39.0 Å². The highest BCUT2D eigenvalue weighted by molar-refractivity contribution is 9.11. The second-order valence-corrected chi connectivity index (χ2v) is 9.80. The highest BCUT2D eigenvalue weighted by Crippen LogP contribution is 2.34. The number of ether oxygens (including phenoxy) is 1. The van der Waals surface area contributed by atoms with Crippen LogP contribution in [0, 0.1) is 10.1 Å². The lowest BCUT2D eigenvalue weighted by atomic mass is 10.3. The third-order valence-electron chi connectivity index (χ3n) is 3.78. The summed E-state index contributed by atoms with van der Waals surface area (Å²) in [5.41, 5.74) is 0.0899. The van der Waals surface area contributed by atoms with Gasteiger partial charge in [-0.2, -0.15) is 4.31 Å². The van der Waals surface area contributed by atoms with Crippen LogP contribution in [0.5, 0.6) is 0 Å². The van der Waals surface area contributed by atoms with Gasteiger partial charge in [0.1, 0.15) is 4.90 Å². The number of anilines is 1. The Kier molecular flexibility index (Phi) is 5.91. The predicted octanol–water partition coefficient (Wildman–Crippen LogP) is 2.69. The number of morpholine rings is 1. The highest BCUT2D eigenvalue weighted by atomic mass is 79.9. The molecular formula is C15H14BrN3O6S2. The number of nitrogens with one attached hydrogen (secondary N) is 1. The van der Waals surface area contributed by atoms with Gasteiger partial charge in [-0.3, -0.25) is 14.9 Å². The number of halogens is 1. The number of sulfonamides is 1. The Morgan fingerprint density at radius 3 is 2.67 bits per heavy atom. The first-order chi connectivity index (χ1) is 12.8. The summed E-state index contributed by atoms with van der Waals surface area (Å²) in [6, 6.07) is 6.80. The van der Waals surface area contributed by atoms with Gasteiger partial charge in [-0.15, -0.1) is 11.3 Å². The van der Waals surface area contributed by atoms with Crippen LogP contribution in [-0.2, 0) is 14.8 Å². The minimum atomic E-state index is -3.75. The average molecular weight is 476 g/mol. The van der Waals surface area contributed by atoms with Gasteiger partial charge in [0.05, 0.1) is 26.8 Å². The SMILES string of the molecule is O=C(Nc1cccc([N+](=O)[O-])c1)c1cc(S(=O)(=O)N2CCOCC2)c(Br)s1. The standard InChI is InChI=1S/C15H14BrN3O6S2/c16-14-13(27(23,24)18-4-6-25-7-5-18)9-12(26-14)15(20)17-10-2-1-3-11(8-10)19(21)22/h1-3,8-9H,4-7H2,(H,17,20). The van der Waals surface area contributed by atoms with E-state index in [1.807, 2.05) is 0 Å². The molecule has 1 aliphatic rings. The van der Waals surface area contributed by atoms with E-state index in [9.17, 15) is 23.3 Å². The van der Waals surface area contributed by atoms with Crippen LogP contribution in [-0.4, -0.2) is 49.9 Å². The maximum absolute atomic E-state index is 12.8. The van der Waals surface area contributed by atoms with Crippen LogP contribution in [0.3, 0.4) is 0 Å². The van der Waals surface area contributed by atoms with Gasteiger partial charge in [0.2, 0.25) is 10.0 Å². The second kappa shape index (κ2) is 8.02. The van der Waals surface area contributed by atoms with Crippen LogP contribution < -0.4 is 5.32 Å². The number of nitro benzene ring substituents is 1. The van der Waals surface area contributed by atoms with Crippen molar-refractivity contribution in [3.05, 3.63) is 49.1 Å². The molecule has 0 aliphatic carbocycles. The summed E-state index contributed by atoms with van der Waals surface area (Å²) in [6.07, 6.45) is 0. The topological polar surface area (TPSA) is 119 Å². The van der Waals surface area contributed by atoms with Gasteiger partial charge < -0.3 is 10.1 Å². The minimum Gasteiger partial charge on any atom is -0.379 e. The van der Waals surface area contributed by atoms with Crippen molar-refractivity contribution >= 4 is 54.6 Å². The molecule has 1 amide bonds. The summed E-state index contributed by atoms with van der Waals surface area (Å²) < 4.78 is 32.3. The van der Waals surface area contributed by atoms with Gasteiger partial charge in [0, 0.05) is 30.9 Å². The van der Waals surface area contributed by atoms with Crippen LogP contribution in [0.4, 0.5) is 11.4 Å². The van der Waals surface area contributed by atoms with Gasteiger partial charge in [-0.1, -0.05) is 6.07 Å². The van der Waals surface area contributed by atoms with Crippen molar-refractivity contribution < 1.29 is 22.9 Å². The smallest absolute Gasteiger partial charge is 0.271 e. The normalized spacial score (nSPS) is 15.4. The molecule has 3 rings (SSSR count). The van der Waals surface area contributed by atoms with E-state index in [1.165, 1.54) is 34.6 Å². The predicted molar refractivity (Wildman–Crippen MR) is 103 cm³/mol. The molecule has 27 heavy (non-hydrogen) atoms. The molecule has 0 saturated carbocycles. The Morgan fingerprint density at radius 1 is 1.30 bits per heavy atom.